The molecule has 0 spiro atoms. The highest BCUT2D eigenvalue weighted by molar-refractivity contribution is 7.99. The monoisotopic (exact) mass is 456 g/mol. The maximum Gasteiger partial charge on any atom is 0.322 e. The van der Waals surface area contributed by atoms with Crippen molar-refractivity contribution in [2.75, 3.05) is 17.6 Å². The Hall–Kier alpha value is -3.32. The van der Waals surface area contributed by atoms with Gasteiger partial charge in [-0.1, -0.05) is 0 Å². The number of phenols is 1. The molecule has 0 aliphatic carbocycles. The van der Waals surface area contributed by atoms with E-state index in [0.717, 1.165) is 11.8 Å². The zero-order valence-electron chi connectivity index (χ0n) is 16.6. The van der Waals surface area contributed by atoms with E-state index in [1.54, 1.807) is 0 Å². The van der Waals surface area contributed by atoms with Gasteiger partial charge in [-0.15, -0.1) is 11.8 Å². The Morgan fingerprint density at radius 2 is 1.84 bits per heavy atom. The molecule has 0 saturated carbocycles. The second-order valence-corrected chi connectivity index (χ2v) is 7.45. The number of carbonyl (C=O) groups excluding carboxylic acids is 3. The highest BCUT2D eigenvalue weighted by atomic mass is 32.2. The molecule has 1 aromatic rings. The van der Waals surface area contributed by atoms with Crippen molar-refractivity contribution in [1.29, 1.82) is 0 Å². The number of anilines is 1. The summed E-state index contributed by atoms with van der Waals surface area (Å²) in [6, 6.07) is 1.76. The molecule has 2 atom stereocenters. The molecule has 12 nitrogen and oxygen atoms in total. The van der Waals surface area contributed by atoms with Crippen molar-refractivity contribution in [3.63, 3.8) is 0 Å². The number of benzene rings is 1. The minimum absolute atomic E-state index is 0.0712. The lowest BCUT2D eigenvalue weighted by atomic mass is 10.1. The van der Waals surface area contributed by atoms with E-state index in [9.17, 15) is 29.1 Å². The first-order valence-electron chi connectivity index (χ1n) is 9.00. The number of carboxylic acids is 2. The number of rotatable bonds is 12. The fourth-order valence-corrected chi connectivity index (χ4v) is 3.30. The molecule has 13 heteroatoms. The van der Waals surface area contributed by atoms with Crippen molar-refractivity contribution in [2.45, 2.75) is 36.7 Å². The van der Waals surface area contributed by atoms with Gasteiger partial charge in [0.2, 0.25) is 17.7 Å². The summed E-state index contributed by atoms with van der Waals surface area (Å²) in [5.41, 5.74) is 5.73. The van der Waals surface area contributed by atoms with Gasteiger partial charge in [0.1, 0.15) is 24.4 Å². The number of nitrogens with two attached hydrogens (primary N) is 1. The molecular weight excluding hydrogens is 432 g/mol. The van der Waals surface area contributed by atoms with Gasteiger partial charge >= 0.3 is 11.9 Å². The van der Waals surface area contributed by atoms with Gasteiger partial charge in [-0.25, -0.2) is 0 Å². The zero-order valence-corrected chi connectivity index (χ0v) is 17.4. The number of hydrogen-bond donors (Lipinski definition) is 7. The third-order valence-electron chi connectivity index (χ3n) is 3.75. The smallest absolute Gasteiger partial charge is 0.322 e. The van der Waals surface area contributed by atoms with Crippen LogP contribution in [0.25, 0.3) is 0 Å². The Balaban J connectivity index is 2.89. The third kappa shape index (κ3) is 9.82. The van der Waals surface area contributed by atoms with Gasteiger partial charge in [-0.2, -0.15) is 0 Å². The molecule has 170 valence electrons. The lowest BCUT2D eigenvalue weighted by molar-refractivity contribution is -0.139. The Bertz CT molecular complexity index is 848. The van der Waals surface area contributed by atoms with Crippen molar-refractivity contribution >= 4 is 47.1 Å². The SMILES string of the molecule is CC(=O)Nc1ccc(O)cc1SC[C@H](NC(=O)CC[C@H](N)C(=O)O)C(=O)NCC(=O)O. The molecular formula is C18H24N4O8S. The molecule has 0 aliphatic heterocycles. The standard InChI is InChI=1S/C18H24N4O8S/c1-9(23)21-12-4-2-10(24)6-14(12)31-8-13(17(28)20-7-16(26)27)22-15(25)5-3-11(19)18(29)30/h2,4,6,11,13,24H,3,5,7-8,19H2,1H3,(H,20,28)(H,21,23)(H,22,25)(H,26,27)(H,29,30)/t11-,13-/m0/s1. The summed E-state index contributed by atoms with van der Waals surface area (Å²) in [5.74, 6) is -4.48. The summed E-state index contributed by atoms with van der Waals surface area (Å²) in [5, 5.41) is 34.4. The largest absolute Gasteiger partial charge is 0.508 e. The first-order chi connectivity index (χ1) is 14.5. The van der Waals surface area contributed by atoms with Gasteiger partial charge in [0.25, 0.3) is 0 Å². The van der Waals surface area contributed by atoms with Crippen LogP contribution in [0.15, 0.2) is 23.1 Å². The molecule has 1 rings (SSSR count). The molecule has 3 amide bonds. The predicted molar refractivity (Wildman–Crippen MR) is 111 cm³/mol. The van der Waals surface area contributed by atoms with E-state index in [1.807, 2.05) is 0 Å². The number of thioether (sulfide) groups is 1. The highest BCUT2D eigenvalue weighted by Gasteiger charge is 2.23. The maximum atomic E-state index is 12.3. The quantitative estimate of drug-likeness (QED) is 0.156. The number of carbonyl (C=O) groups is 5. The molecule has 8 N–H and O–H groups in total. The summed E-state index contributed by atoms with van der Waals surface area (Å²) in [7, 11) is 0. The first-order valence-corrected chi connectivity index (χ1v) is 9.98. The molecule has 0 unspecified atom stereocenters. The van der Waals surface area contributed by atoms with E-state index < -0.39 is 42.4 Å². The first kappa shape index (κ1) is 25.7. The van der Waals surface area contributed by atoms with Crippen LogP contribution in [0.3, 0.4) is 0 Å². The van der Waals surface area contributed by atoms with Crippen LogP contribution in [-0.4, -0.2) is 69.4 Å². The summed E-state index contributed by atoms with van der Waals surface area (Å²) >= 11 is 1.03. The van der Waals surface area contributed by atoms with Crippen molar-refractivity contribution in [3.05, 3.63) is 18.2 Å². The Labute approximate surface area is 181 Å². The maximum absolute atomic E-state index is 12.3. The van der Waals surface area contributed by atoms with Crippen LogP contribution in [0.5, 0.6) is 5.75 Å². The van der Waals surface area contributed by atoms with Crippen molar-refractivity contribution in [3.8, 4) is 5.75 Å². The van der Waals surface area contributed by atoms with Crippen molar-refractivity contribution in [2.24, 2.45) is 5.73 Å². The van der Waals surface area contributed by atoms with E-state index in [2.05, 4.69) is 16.0 Å². The normalized spacial score (nSPS) is 12.3. The van der Waals surface area contributed by atoms with Gasteiger partial charge in [0, 0.05) is 24.0 Å². The summed E-state index contributed by atoms with van der Waals surface area (Å²) in [6.07, 6.45) is -0.416. The van der Waals surface area contributed by atoms with E-state index in [0.29, 0.717) is 10.6 Å². The van der Waals surface area contributed by atoms with Crippen LogP contribution in [0.2, 0.25) is 0 Å². The van der Waals surface area contributed by atoms with E-state index in [1.165, 1.54) is 25.1 Å². The van der Waals surface area contributed by atoms with Gasteiger partial charge in [-0.3, -0.25) is 24.0 Å². The molecule has 0 heterocycles. The van der Waals surface area contributed by atoms with Crippen LogP contribution in [0, 0.1) is 0 Å². The number of aliphatic carboxylic acids is 2. The number of carboxylic acid groups (broad SMARTS) is 2. The molecule has 0 aliphatic rings. The summed E-state index contributed by atoms with van der Waals surface area (Å²) < 4.78 is 0. The predicted octanol–water partition coefficient (Wildman–Crippen LogP) is -0.680. The van der Waals surface area contributed by atoms with Gasteiger partial charge < -0.3 is 37.0 Å². The zero-order chi connectivity index (χ0) is 23.6. The molecule has 0 bridgehead atoms. The van der Waals surface area contributed by atoms with E-state index >= 15 is 0 Å². The van der Waals surface area contributed by atoms with Crippen molar-refractivity contribution in [1.82, 2.24) is 10.6 Å². The Morgan fingerprint density at radius 3 is 2.42 bits per heavy atom. The second kappa shape index (κ2) is 12.4. The van der Waals surface area contributed by atoms with Gasteiger partial charge in [-0.05, 0) is 24.6 Å². The van der Waals surface area contributed by atoms with Crippen LogP contribution >= 0.6 is 11.8 Å². The van der Waals surface area contributed by atoms with E-state index in [4.69, 9.17) is 15.9 Å². The van der Waals surface area contributed by atoms with Crippen LogP contribution in [0.4, 0.5) is 5.69 Å². The highest BCUT2D eigenvalue weighted by Crippen LogP contribution is 2.31. The molecule has 0 aromatic heterocycles. The fraction of sp³-hybridized carbons (Fsp3) is 0.389. The lowest BCUT2D eigenvalue weighted by Gasteiger charge is -2.19. The average molecular weight is 456 g/mol. The van der Waals surface area contributed by atoms with Gasteiger partial charge in [0.05, 0.1) is 5.69 Å². The number of amides is 3. The molecule has 0 radical (unpaired) electrons. The Kier molecular flexibility index (Phi) is 10.3. The Morgan fingerprint density at radius 1 is 1.16 bits per heavy atom. The number of aromatic hydroxyl groups is 1. The lowest BCUT2D eigenvalue weighted by Crippen LogP contribution is -2.49. The van der Waals surface area contributed by atoms with E-state index in [-0.39, 0.29) is 30.3 Å². The molecule has 0 fully saturated rings. The number of phenolic OH excluding ortho intramolecular Hbond substituents is 1. The number of hydrogen-bond acceptors (Lipinski definition) is 8. The minimum Gasteiger partial charge on any atom is -0.508 e. The second-order valence-electron chi connectivity index (χ2n) is 6.39. The van der Waals surface area contributed by atoms with Gasteiger partial charge in [0.15, 0.2) is 0 Å². The number of nitrogens with one attached hydrogen (secondary N) is 3. The molecule has 31 heavy (non-hydrogen) atoms. The summed E-state index contributed by atoms with van der Waals surface area (Å²) in [6.45, 7) is 0.633. The topological polar surface area (TPSA) is 208 Å². The summed E-state index contributed by atoms with van der Waals surface area (Å²) in [4.78, 5) is 57.7. The van der Waals surface area contributed by atoms with Crippen LogP contribution < -0.4 is 21.7 Å². The molecule has 0 saturated heterocycles. The molecule has 1 aromatic carbocycles. The third-order valence-corrected chi connectivity index (χ3v) is 4.90. The fourth-order valence-electron chi connectivity index (χ4n) is 2.24. The average Bonchev–Trinajstić information content (AvgIpc) is 2.68. The van der Waals surface area contributed by atoms with Crippen molar-refractivity contribution < 1.29 is 39.3 Å². The van der Waals surface area contributed by atoms with Crippen LogP contribution in [-0.2, 0) is 24.0 Å². The van der Waals surface area contributed by atoms with Crippen LogP contribution in [0.1, 0.15) is 19.8 Å². The minimum atomic E-state index is -1.28.